The normalized spacial score (nSPS) is 8.78. The number of rotatable bonds is 1. The molecule has 0 bridgehead atoms. The van der Waals surface area contributed by atoms with Crippen molar-refractivity contribution in [3.05, 3.63) is 11.6 Å². The molecule has 0 aromatic rings. The summed E-state index contributed by atoms with van der Waals surface area (Å²) in [7, 11) is 0. The summed E-state index contributed by atoms with van der Waals surface area (Å²) in [6.07, 6.45) is 1.09. The van der Waals surface area contributed by atoms with E-state index in [-0.39, 0.29) is 12.0 Å². The van der Waals surface area contributed by atoms with Crippen LogP contribution in [0.5, 0.6) is 0 Å². The molecule has 9 heavy (non-hydrogen) atoms. The van der Waals surface area contributed by atoms with Gasteiger partial charge in [-0.15, -0.1) is 0 Å². The zero-order chi connectivity index (χ0) is 7.11. The van der Waals surface area contributed by atoms with Gasteiger partial charge in [-0.1, -0.05) is 0 Å². The third-order valence-electron chi connectivity index (χ3n) is 0.652. The summed E-state index contributed by atoms with van der Waals surface area (Å²) in [5.41, 5.74) is 0.208. The van der Waals surface area contributed by atoms with Gasteiger partial charge in [-0.05, 0) is 0 Å². The van der Waals surface area contributed by atoms with Crippen molar-refractivity contribution in [2.75, 3.05) is 0 Å². The summed E-state index contributed by atoms with van der Waals surface area (Å²) in [5.74, 6) is 0. The Hall–Kier alpha value is -1.79. The highest BCUT2D eigenvalue weighted by molar-refractivity contribution is 5.28. The molecule has 3 nitrogen and oxygen atoms in total. The number of nitrogens with zero attached hydrogens (tertiary/aromatic N) is 3. The van der Waals surface area contributed by atoms with E-state index < -0.39 is 0 Å². The average molecular weight is 117 g/mol. The lowest BCUT2D eigenvalue weighted by molar-refractivity contribution is 1.27. The maximum absolute atomic E-state index is 8.17. The van der Waals surface area contributed by atoms with Crippen molar-refractivity contribution in [1.82, 2.24) is 0 Å². The monoisotopic (exact) mass is 117 g/mol. The maximum atomic E-state index is 8.17. The minimum atomic E-state index is 0.0179. The van der Waals surface area contributed by atoms with Gasteiger partial charge in [0.25, 0.3) is 0 Å². The zero-order valence-corrected chi connectivity index (χ0v) is 4.63. The molecule has 0 saturated carbocycles. The number of nitriles is 3. The van der Waals surface area contributed by atoms with Crippen molar-refractivity contribution in [3.8, 4) is 18.2 Å². The topological polar surface area (TPSA) is 71.4 Å². The number of hydrogen-bond donors (Lipinski definition) is 0. The largest absolute Gasteiger partial charge is 0.198 e. The van der Waals surface area contributed by atoms with Crippen LogP contribution in [0, 0.1) is 34.0 Å². The molecule has 0 aliphatic heterocycles. The van der Waals surface area contributed by atoms with Crippen LogP contribution in [0.4, 0.5) is 0 Å². The van der Waals surface area contributed by atoms with Crippen molar-refractivity contribution >= 4 is 0 Å². The molecule has 42 valence electrons. The van der Waals surface area contributed by atoms with Crippen molar-refractivity contribution < 1.29 is 0 Å². The van der Waals surface area contributed by atoms with E-state index >= 15 is 0 Å². The Kier molecular flexibility index (Phi) is 3.50. The predicted octanol–water partition coefficient (Wildman–Crippen LogP) is 0.874. The van der Waals surface area contributed by atoms with Crippen molar-refractivity contribution in [3.63, 3.8) is 0 Å². The second-order valence-electron chi connectivity index (χ2n) is 1.25. The van der Waals surface area contributed by atoms with Gasteiger partial charge < -0.3 is 0 Å². The van der Waals surface area contributed by atoms with Gasteiger partial charge in [-0.3, -0.25) is 0 Å². The minimum absolute atomic E-state index is 0.0179. The smallest absolute Gasteiger partial charge is 0.0965 e. The first-order valence-electron chi connectivity index (χ1n) is 2.21. The summed E-state index contributed by atoms with van der Waals surface area (Å²) < 4.78 is 0. The lowest BCUT2D eigenvalue weighted by Crippen LogP contribution is -1.72. The molecular formula is C6H3N3. The Balaban J connectivity index is 4.11. The van der Waals surface area contributed by atoms with Crippen LogP contribution >= 0.6 is 0 Å². The first-order valence-corrected chi connectivity index (χ1v) is 2.21. The van der Waals surface area contributed by atoms with Crippen LogP contribution in [0.3, 0.4) is 0 Å². The molecule has 0 N–H and O–H groups in total. The van der Waals surface area contributed by atoms with Gasteiger partial charge >= 0.3 is 0 Å². The fourth-order valence-corrected chi connectivity index (χ4v) is 0.286. The summed E-state index contributed by atoms with van der Waals surface area (Å²) in [6, 6.07) is 5.15. The Bertz CT molecular complexity index is 230. The molecule has 0 saturated heterocycles. The highest BCUT2D eigenvalue weighted by Crippen LogP contribution is 1.95. The van der Waals surface area contributed by atoms with Crippen molar-refractivity contribution in [2.45, 2.75) is 6.42 Å². The van der Waals surface area contributed by atoms with Gasteiger partial charge in [0, 0.05) is 6.08 Å². The van der Waals surface area contributed by atoms with E-state index in [9.17, 15) is 0 Å². The third kappa shape index (κ3) is 2.85. The highest BCUT2D eigenvalue weighted by atomic mass is 14.3. The summed E-state index contributed by atoms with van der Waals surface area (Å²) in [5, 5.41) is 24.2. The highest BCUT2D eigenvalue weighted by Gasteiger charge is 1.89. The van der Waals surface area contributed by atoms with Gasteiger partial charge in [0.1, 0.15) is 0 Å². The SMILES string of the molecule is N#C/C=C(\C#N)CC#N. The molecule has 0 fully saturated rings. The van der Waals surface area contributed by atoms with Gasteiger partial charge in [-0.2, -0.15) is 15.8 Å². The van der Waals surface area contributed by atoms with Crippen LogP contribution in [0.15, 0.2) is 11.6 Å². The molecule has 0 amide bonds. The lowest BCUT2D eigenvalue weighted by Gasteiger charge is -1.77. The average Bonchev–Trinajstić information content (AvgIpc) is 1.88. The molecule has 0 rings (SSSR count). The molecule has 0 aliphatic rings. The molecule has 0 aromatic carbocycles. The molecule has 0 aromatic heterocycles. The van der Waals surface area contributed by atoms with E-state index in [1.165, 1.54) is 0 Å². The van der Waals surface area contributed by atoms with Crippen molar-refractivity contribution in [2.24, 2.45) is 0 Å². The van der Waals surface area contributed by atoms with Crippen LogP contribution in [0.2, 0.25) is 0 Å². The molecule has 0 spiro atoms. The van der Waals surface area contributed by atoms with Crippen LogP contribution in [-0.4, -0.2) is 0 Å². The number of hydrogen-bond acceptors (Lipinski definition) is 3. The van der Waals surface area contributed by atoms with Crippen LogP contribution < -0.4 is 0 Å². The second kappa shape index (κ2) is 4.37. The van der Waals surface area contributed by atoms with E-state index in [2.05, 4.69) is 0 Å². The van der Waals surface area contributed by atoms with Gasteiger partial charge in [0.05, 0.1) is 30.2 Å². The van der Waals surface area contributed by atoms with Crippen LogP contribution in [0.25, 0.3) is 0 Å². The van der Waals surface area contributed by atoms with E-state index in [4.69, 9.17) is 15.8 Å². The Morgan fingerprint density at radius 2 is 2.00 bits per heavy atom. The van der Waals surface area contributed by atoms with E-state index in [0.29, 0.717) is 0 Å². The van der Waals surface area contributed by atoms with E-state index in [0.717, 1.165) is 6.08 Å². The quantitative estimate of drug-likeness (QED) is 0.478. The Morgan fingerprint density at radius 3 is 2.33 bits per heavy atom. The summed E-state index contributed by atoms with van der Waals surface area (Å²) in [6.45, 7) is 0. The van der Waals surface area contributed by atoms with Crippen molar-refractivity contribution in [1.29, 1.82) is 15.8 Å². The van der Waals surface area contributed by atoms with Gasteiger partial charge in [0.2, 0.25) is 0 Å². The number of allylic oxidation sites excluding steroid dienone is 2. The van der Waals surface area contributed by atoms with E-state index in [1.807, 2.05) is 0 Å². The summed E-state index contributed by atoms with van der Waals surface area (Å²) >= 11 is 0. The maximum Gasteiger partial charge on any atom is 0.0965 e. The first-order chi connectivity index (χ1) is 4.35. The standard InChI is InChI=1S/C6H3N3/c7-3-1-6(5-9)2-4-8/h1H,2H2/b6-1-. The lowest BCUT2D eigenvalue weighted by atomic mass is 10.2. The molecule has 0 aliphatic carbocycles. The second-order valence-corrected chi connectivity index (χ2v) is 1.25. The van der Waals surface area contributed by atoms with Crippen LogP contribution in [-0.2, 0) is 0 Å². The third-order valence-corrected chi connectivity index (χ3v) is 0.652. The minimum Gasteiger partial charge on any atom is -0.198 e. The molecule has 0 atom stereocenters. The molecule has 0 heterocycles. The molecule has 0 unspecified atom stereocenters. The molecule has 3 heteroatoms. The summed E-state index contributed by atoms with van der Waals surface area (Å²) in [4.78, 5) is 0. The fraction of sp³-hybridized carbons (Fsp3) is 0.167. The zero-order valence-electron chi connectivity index (χ0n) is 4.63. The fourth-order valence-electron chi connectivity index (χ4n) is 0.286. The molecular weight excluding hydrogens is 114 g/mol. The predicted molar refractivity (Wildman–Crippen MR) is 29.5 cm³/mol. The Labute approximate surface area is 53.1 Å². The Morgan fingerprint density at radius 1 is 1.33 bits per heavy atom. The van der Waals surface area contributed by atoms with E-state index in [1.54, 1.807) is 18.2 Å². The first kappa shape index (κ1) is 7.21. The van der Waals surface area contributed by atoms with Gasteiger partial charge in [-0.25, -0.2) is 0 Å². The van der Waals surface area contributed by atoms with Gasteiger partial charge in [0.15, 0.2) is 0 Å². The van der Waals surface area contributed by atoms with Crippen LogP contribution in [0.1, 0.15) is 6.42 Å². The molecule has 0 radical (unpaired) electrons.